The standard InChI is InChI=1S/C10H12N2O2/c11-4-3-7-5-6-1-2-8(13)10(14)9(6)12-7/h1-2,5,12-14H,3-4,11H2. The summed E-state index contributed by atoms with van der Waals surface area (Å²) in [6.45, 7) is 0.555. The molecule has 0 unspecified atom stereocenters. The van der Waals surface area contributed by atoms with E-state index in [2.05, 4.69) is 4.98 Å². The average Bonchev–Trinajstić information content (AvgIpc) is 2.56. The molecule has 5 N–H and O–H groups in total. The van der Waals surface area contributed by atoms with Crippen LogP contribution in [0.15, 0.2) is 18.2 Å². The fourth-order valence-electron chi connectivity index (χ4n) is 1.52. The Morgan fingerprint density at radius 3 is 2.79 bits per heavy atom. The molecule has 0 bridgehead atoms. The lowest BCUT2D eigenvalue weighted by Crippen LogP contribution is -2.02. The summed E-state index contributed by atoms with van der Waals surface area (Å²) in [4.78, 5) is 3.02. The Kier molecular flexibility index (Phi) is 2.05. The second kappa shape index (κ2) is 3.23. The van der Waals surface area contributed by atoms with Crippen LogP contribution in [0.5, 0.6) is 11.5 Å². The number of hydrogen-bond acceptors (Lipinski definition) is 3. The second-order valence-electron chi connectivity index (χ2n) is 3.23. The van der Waals surface area contributed by atoms with Crippen molar-refractivity contribution < 1.29 is 10.2 Å². The zero-order valence-corrected chi connectivity index (χ0v) is 7.62. The first kappa shape index (κ1) is 8.90. The Morgan fingerprint density at radius 1 is 1.29 bits per heavy atom. The summed E-state index contributed by atoms with van der Waals surface area (Å²) in [5, 5.41) is 19.7. The molecule has 2 aromatic rings. The van der Waals surface area contributed by atoms with Gasteiger partial charge in [-0.25, -0.2) is 0 Å². The fraction of sp³-hybridized carbons (Fsp3) is 0.200. The minimum atomic E-state index is -0.112. The van der Waals surface area contributed by atoms with Crippen LogP contribution in [0.3, 0.4) is 0 Å². The third kappa shape index (κ3) is 1.29. The van der Waals surface area contributed by atoms with E-state index in [-0.39, 0.29) is 11.5 Å². The van der Waals surface area contributed by atoms with Gasteiger partial charge in [-0.3, -0.25) is 0 Å². The van der Waals surface area contributed by atoms with Crippen molar-refractivity contribution in [3.05, 3.63) is 23.9 Å². The zero-order valence-electron chi connectivity index (χ0n) is 7.62. The van der Waals surface area contributed by atoms with Crippen molar-refractivity contribution in [3.63, 3.8) is 0 Å². The number of nitrogens with two attached hydrogens (primary N) is 1. The van der Waals surface area contributed by atoms with E-state index in [0.717, 1.165) is 17.5 Å². The van der Waals surface area contributed by atoms with Crippen LogP contribution in [0.1, 0.15) is 5.69 Å². The topological polar surface area (TPSA) is 82.3 Å². The molecule has 14 heavy (non-hydrogen) atoms. The van der Waals surface area contributed by atoms with E-state index in [1.807, 2.05) is 6.07 Å². The van der Waals surface area contributed by atoms with Crippen molar-refractivity contribution in [1.82, 2.24) is 4.98 Å². The van der Waals surface area contributed by atoms with Crippen molar-refractivity contribution in [3.8, 4) is 11.5 Å². The number of aromatic hydroxyl groups is 2. The predicted molar refractivity (Wildman–Crippen MR) is 54.4 cm³/mol. The second-order valence-corrected chi connectivity index (χ2v) is 3.23. The van der Waals surface area contributed by atoms with E-state index in [1.165, 1.54) is 6.07 Å². The predicted octanol–water partition coefficient (Wildman–Crippen LogP) is 1.08. The fourth-order valence-corrected chi connectivity index (χ4v) is 1.52. The molecule has 0 saturated heterocycles. The maximum Gasteiger partial charge on any atom is 0.182 e. The number of nitrogens with one attached hydrogen (secondary N) is 1. The number of aromatic amines is 1. The molecular formula is C10H12N2O2. The van der Waals surface area contributed by atoms with Gasteiger partial charge < -0.3 is 20.9 Å². The maximum absolute atomic E-state index is 9.53. The smallest absolute Gasteiger partial charge is 0.182 e. The monoisotopic (exact) mass is 192 g/mol. The van der Waals surface area contributed by atoms with Gasteiger partial charge in [-0.1, -0.05) is 0 Å². The first-order valence-corrected chi connectivity index (χ1v) is 4.45. The van der Waals surface area contributed by atoms with Crippen LogP contribution in [0.2, 0.25) is 0 Å². The summed E-state index contributed by atoms with van der Waals surface area (Å²) in [5.41, 5.74) is 6.94. The number of fused-ring (bicyclic) bond motifs is 1. The molecule has 1 aromatic carbocycles. The van der Waals surface area contributed by atoms with Gasteiger partial charge in [-0.15, -0.1) is 0 Å². The van der Waals surface area contributed by atoms with E-state index in [1.54, 1.807) is 6.07 Å². The van der Waals surface area contributed by atoms with E-state index in [0.29, 0.717) is 12.1 Å². The van der Waals surface area contributed by atoms with Crippen LogP contribution < -0.4 is 5.73 Å². The number of benzene rings is 1. The van der Waals surface area contributed by atoms with Crippen LogP contribution in [0, 0.1) is 0 Å². The molecular weight excluding hydrogens is 180 g/mol. The SMILES string of the molecule is NCCc1cc2ccc(O)c(O)c2[nH]1. The Morgan fingerprint density at radius 2 is 2.07 bits per heavy atom. The molecule has 74 valence electrons. The molecule has 2 rings (SSSR count). The minimum absolute atomic E-state index is 0.106. The van der Waals surface area contributed by atoms with Crippen molar-refractivity contribution in [1.29, 1.82) is 0 Å². The van der Waals surface area contributed by atoms with Gasteiger partial charge in [0.05, 0.1) is 5.52 Å². The Bertz CT molecular complexity index is 462. The molecule has 0 spiro atoms. The molecule has 0 fully saturated rings. The van der Waals surface area contributed by atoms with Crippen LogP contribution in [0.25, 0.3) is 10.9 Å². The van der Waals surface area contributed by atoms with Crippen LogP contribution in [0.4, 0.5) is 0 Å². The molecule has 0 radical (unpaired) electrons. The van der Waals surface area contributed by atoms with Crippen molar-refractivity contribution in [2.24, 2.45) is 5.73 Å². The zero-order chi connectivity index (χ0) is 10.1. The molecule has 0 atom stereocenters. The maximum atomic E-state index is 9.53. The van der Waals surface area contributed by atoms with E-state index in [4.69, 9.17) is 5.73 Å². The lowest BCUT2D eigenvalue weighted by Gasteiger charge is -1.97. The van der Waals surface area contributed by atoms with Crippen molar-refractivity contribution in [2.75, 3.05) is 6.54 Å². The summed E-state index contributed by atoms with van der Waals surface area (Å²) in [6, 6.07) is 5.14. The number of H-pyrrole nitrogens is 1. The van der Waals surface area contributed by atoms with Crippen molar-refractivity contribution in [2.45, 2.75) is 6.42 Å². The molecule has 0 aliphatic carbocycles. The van der Waals surface area contributed by atoms with Gasteiger partial charge in [0, 0.05) is 11.1 Å². The molecule has 0 saturated carbocycles. The Hall–Kier alpha value is -1.68. The molecule has 4 nitrogen and oxygen atoms in total. The van der Waals surface area contributed by atoms with Gasteiger partial charge in [0.25, 0.3) is 0 Å². The van der Waals surface area contributed by atoms with Gasteiger partial charge in [-0.2, -0.15) is 0 Å². The van der Waals surface area contributed by atoms with Gasteiger partial charge >= 0.3 is 0 Å². The lowest BCUT2D eigenvalue weighted by molar-refractivity contribution is 0.407. The number of phenolic OH excluding ortho intramolecular Hbond substituents is 2. The van der Waals surface area contributed by atoms with E-state index < -0.39 is 0 Å². The van der Waals surface area contributed by atoms with E-state index >= 15 is 0 Å². The normalized spacial score (nSPS) is 10.9. The van der Waals surface area contributed by atoms with Crippen LogP contribution in [-0.4, -0.2) is 21.7 Å². The molecule has 4 heteroatoms. The van der Waals surface area contributed by atoms with E-state index in [9.17, 15) is 10.2 Å². The highest BCUT2D eigenvalue weighted by atomic mass is 16.3. The minimum Gasteiger partial charge on any atom is -0.504 e. The summed E-state index contributed by atoms with van der Waals surface area (Å²) < 4.78 is 0. The molecule has 1 aromatic heterocycles. The number of aromatic nitrogens is 1. The van der Waals surface area contributed by atoms with Gasteiger partial charge in [0.2, 0.25) is 0 Å². The summed E-state index contributed by atoms with van der Waals surface area (Å²) >= 11 is 0. The largest absolute Gasteiger partial charge is 0.504 e. The van der Waals surface area contributed by atoms with Crippen LogP contribution >= 0.6 is 0 Å². The Labute approximate surface area is 81.0 Å². The van der Waals surface area contributed by atoms with Gasteiger partial charge in [0.1, 0.15) is 0 Å². The highest BCUT2D eigenvalue weighted by molar-refractivity contribution is 5.88. The number of rotatable bonds is 2. The molecule has 0 amide bonds. The highest BCUT2D eigenvalue weighted by Crippen LogP contribution is 2.33. The summed E-state index contributed by atoms with van der Waals surface area (Å²) in [5.74, 6) is -0.218. The quantitative estimate of drug-likeness (QED) is 0.537. The third-order valence-corrected chi connectivity index (χ3v) is 2.22. The summed E-state index contributed by atoms with van der Waals surface area (Å²) in [6.07, 6.45) is 0.731. The van der Waals surface area contributed by atoms with Crippen molar-refractivity contribution >= 4 is 10.9 Å². The first-order chi connectivity index (χ1) is 6.72. The number of phenols is 2. The highest BCUT2D eigenvalue weighted by Gasteiger charge is 2.07. The molecule has 0 aliphatic heterocycles. The third-order valence-electron chi connectivity index (χ3n) is 2.22. The first-order valence-electron chi connectivity index (χ1n) is 4.45. The lowest BCUT2D eigenvalue weighted by atomic mass is 10.2. The van der Waals surface area contributed by atoms with Gasteiger partial charge in [0.15, 0.2) is 11.5 Å². The average molecular weight is 192 g/mol. The molecule has 0 aliphatic rings. The van der Waals surface area contributed by atoms with Crippen LogP contribution in [-0.2, 0) is 6.42 Å². The Balaban J connectivity index is 2.59. The molecule has 1 heterocycles. The number of hydrogen-bond donors (Lipinski definition) is 4. The van der Waals surface area contributed by atoms with Gasteiger partial charge in [-0.05, 0) is 31.2 Å². The summed E-state index contributed by atoms with van der Waals surface area (Å²) in [7, 11) is 0.